The molecule has 0 bridgehead atoms. The zero-order chi connectivity index (χ0) is 23.0. The first kappa shape index (κ1) is 22.0. The summed E-state index contributed by atoms with van der Waals surface area (Å²) in [5.41, 5.74) is 0.917. The van der Waals surface area contributed by atoms with Gasteiger partial charge in [0, 0.05) is 19.3 Å². The Morgan fingerprint density at radius 1 is 1.13 bits per heavy atom. The van der Waals surface area contributed by atoms with Crippen molar-refractivity contribution >= 4 is 44.7 Å². The molecular weight excluding hydrogens is 437 g/mol. The van der Waals surface area contributed by atoms with Gasteiger partial charge in [0.05, 0.1) is 18.4 Å². The van der Waals surface area contributed by atoms with E-state index in [0.29, 0.717) is 18.7 Å². The number of hydrazine groups is 1. The molecule has 0 spiro atoms. The van der Waals surface area contributed by atoms with Crippen molar-refractivity contribution in [3.05, 3.63) is 40.5 Å². The molecule has 0 saturated carbocycles. The van der Waals surface area contributed by atoms with Gasteiger partial charge in [0.2, 0.25) is 0 Å². The van der Waals surface area contributed by atoms with Crippen LogP contribution in [0.1, 0.15) is 12.0 Å². The standard InChI is InChI=1S/C17H17F3N8O2S/c1-21-14-15(22-2)28(4)16(23-14)25-24-11-8-10-6-5-7-27(3)13(10)9-12(11)26-31(29,30)17(18,19)20/h8-9,24,26H,5-7H2,3-4H3,(H,23,25). The van der Waals surface area contributed by atoms with Gasteiger partial charge in [-0.1, -0.05) is 18.1 Å². The Balaban J connectivity index is 2.00. The maximum atomic E-state index is 12.9. The predicted molar refractivity (Wildman–Crippen MR) is 110 cm³/mol. The van der Waals surface area contributed by atoms with Crippen molar-refractivity contribution in [3.8, 4) is 0 Å². The van der Waals surface area contributed by atoms with Gasteiger partial charge in [0.15, 0.2) is 0 Å². The molecule has 3 rings (SSSR count). The second-order valence-electron chi connectivity index (χ2n) is 6.72. The molecule has 1 aromatic heterocycles. The van der Waals surface area contributed by atoms with Crippen LogP contribution in [0, 0.1) is 13.1 Å². The molecule has 2 aromatic rings. The van der Waals surface area contributed by atoms with E-state index >= 15 is 0 Å². The van der Waals surface area contributed by atoms with Crippen molar-refractivity contribution in [2.24, 2.45) is 7.05 Å². The number of anilines is 4. The van der Waals surface area contributed by atoms with Gasteiger partial charge in [0.1, 0.15) is 0 Å². The van der Waals surface area contributed by atoms with E-state index in [1.807, 2.05) is 4.90 Å². The van der Waals surface area contributed by atoms with Crippen LogP contribution >= 0.6 is 0 Å². The molecule has 0 radical (unpaired) electrons. The SMILES string of the molecule is [C-]#[N+]c1nc(NNc2cc3c(cc2NS(=O)(=O)C(F)(F)F)N(C)CCC3)n(C)c1[N+]#[C-]. The van der Waals surface area contributed by atoms with Crippen molar-refractivity contribution in [2.75, 3.05) is 34.1 Å². The molecule has 0 aliphatic carbocycles. The molecule has 0 unspecified atom stereocenters. The molecule has 1 aliphatic rings. The number of sulfonamides is 1. The normalized spacial score (nSPS) is 13.7. The highest BCUT2D eigenvalue weighted by Gasteiger charge is 2.46. The first-order valence-corrected chi connectivity index (χ1v) is 10.3. The number of aryl methyl sites for hydroxylation is 1. The summed E-state index contributed by atoms with van der Waals surface area (Å²) in [5, 5.41) is 0. The average molecular weight is 454 g/mol. The van der Waals surface area contributed by atoms with E-state index < -0.39 is 15.5 Å². The maximum Gasteiger partial charge on any atom is 0.516 e. The first-order chi connectivity index (χ1) is 14.5. The van der Waals surface area contributed by atoms with Crippen molar-refractivity contribution < 1.29 is 21.6 Å². The molecule has 0 amide bonds. The second kappa shape index (κ2) is 7.88. The number of hydrogen-bond acceptors (Lipinski definition) is 6. The van der Waals surface area contributed by atoms with Crippen LogP contribution in [0.2, 0.25) is 0 Å². The van der Waals surface area contributed by atoms with E-state index in [1.54, 1.807) is 17.8 Å². The molecule has 31 heavy (non-hydrogen) atoms. The molecular formula is C17H17F3N8O2S. The van der Waals surface area contributed by atoms with Crippen molar-refractivity contribution in [1.29, 1.82) is 0 Å². The fraction of sp³-hybridized carbons (Fsp3) is 0.353. The highest BCUT2D eigenvalue weighted by Crippen LogP contribution is 2.37. The molecule has 1 aromatic carbocycles. The largest absolute Gasteiger partial charge is 0.516 e. The molecule has 0 fully saturated rings. The lowest BCUT2D eigenvalue weighted by Gasteiger charge is -2.29. The van der Waals surface area contributed by atoms with Gasteiger partial charge in [0.25, 0.3) is 11.6 Å². The molecule has 0 saturated heterocycles. The van der Waals surface area contributed by atoms with Gasteiger partial charge in [-0.25, -0.2) is 5.43 Å². The van der Waals surface area contributed by atoms with E-state index in [4.69, 9.17) is 13.1 Å². The third-order valence-electron chi connectivity index (χ3n) is 4.69. The third-order valence-corrected chi connectivity index (χ3v) is 5.78. The van der Waals surface area contributed by atoms with Crippen LogP contribution in [0.4, 0.5) is 47.8 Å². The third kappa shape index (κ3) is 4.15. The summed E-state index contributed by atoms with van der Waals surface area (Å²) in [5.74, 6) is -0.118. The number of hydrogen-bond donors (Lipinski definition) is 3. The Hall–Kier alpha value is -3.65. The van der Waals surface area contributed by atoms with Gasteiger partial charge in [-0.2, -0.15) is 21.6 Å². The Morgan fingerprint density at radius 3 is 2.42 bits per heavy atom. The summed E-state index contributed by atoms with van der Waals surface area (Å²) in [7, 11) is -2.41. The highest BCUT2D eigenvalue weighted by molar-refractivity contribution is 7.93. The van der Waals surface area contributed by atoms with Crippen LogP contribution in [0.25, 0.3) is 9.69 Å². The zero-order valence-electron chi connectivity index (χ0n) is 16.4. The lowest BCUT2D eigenvalue weighted by Crippen LogP contribution is -2.31. The maximum absolute atomic E-state index is 12.9. The Morgan fingerprint density at radius 2 is 1.84 bits per heavy atom. The summed E-state index contributed by atoms with van der Waals surface area (Å²) in [6.07, 6.45) is 1.49. The molecule has 3 N–H and O–H groups in total. The first-order valence-electron chi connectivity index (χ1n) is 8.79. The molecule has 164 valence electrons. The van der Waals surface area contributed by atoms with Gasteiger partial charge in [-0.15, -0.1) is 0 Å². The summed E-state index contributed by atoms with van der Waals surface area (Å²) in [6.45, 7) is 14.9. The number of fused-ring (bicyclic) bond motifs is 1. The molecule has 14 heteroatoms. The van der Waals surface area contributed by atoms with E-state index in [1.165, 1.54) is 17.7 Å². The summed E-state index contributed by atoms with van der Waals surface area (Å²) in [6, 6.07) is 2.87. The Kier molecular flexibility index (Phi) is 5.61. The number of nitrogens with one attached hydrogen (secondary N) is 3. The van der Waals surface area contributed by atoms with Crippen LogP contribution in [0.3, 0.4) is 0 Å². The van der Waals surface area contributed by atoms with E-state index in [9.17, 15) is 21.6 Å². The van der Waals surface area contributed by atoms with E-state index in [-0.39, 0.29) is 29.0 Å². The number of alkyl halides is 3. The van der Waals surface area contributed by atoms with Crippen molar-refractivity contribution in [3.63, 3.8) is 0 Å². The Labute approximate surface area is 176 Å². The summed E-state index contributed by atoms with van der Waals surface area (Å²) in [4.78, 5) is 12.1. The van der Waals surface area contributed by atoms with E-state index in [0.717, 1.165) is 12.0 Å². The predicted octanol–water partition coefficient (Wildman–Crippen LogP) is 3.60. The minimum absolute atomic E-state index is 0.0237. The quantitative estimate of drug-likeness (QED) is 0.472. The fourth-order valence-electron chi connectivity index (χ4n) is 3.12. The average Bonchev–Trinajstić information content (AvgIpc) is 3.00. The summed E-state index contributed by atoms with van der Waals surface area (Å²) >= 11 is 0. The number of rotatable bonds is 5. The van der Waals surface area contributed by atoms with Crippen LogP contribution in [-0.2, 0) is 23.5 Å². The van der Waals surface area contributed by atoms with Crippen LogP contribution in [-0.4, -0.2) is 37.1 Å². The Bertz CT molecular complexity index is 1210. The topological polar surface area (TPSA) is 100 Å². The zero-order valence-corrected chi connectivity index (χ0v) is 17.2. The number of benzene rings is 1. The lowest BCUT2D eigenvalue weighted by molar-refractivity contribution is -0.0429. The molecule has 1 aliphatic heterocycles. The van der Waals surface area contributed by atoms with Crippen LogP contribution < -0.4 is 20.5 Å². The van der Waals surface area contributed by atoms with Gasteiger partial charge in [-0.3, -0.25) is 14.7 Å². The van der Waals surface area contributed by atoms with Gasteiger partial charge < -0.3 is 14.6 Å². The second-order valence-corrected chi connectivity index (χ2v) is 8.39. The van der Waals surface area contributed by atoms with Crippen molar-refractivity contribution in [1.82, 2.24) is 9.55 Å². The van der Waals surface area contributed by atoms with Crippen molar-refractivity contribution in [2.45, 2.75) is 18.3 Å². The lowest BCUT2D eigenvalue weighted by atomic mass is 10.0. The summed E-state index contributed by atoms with van der Waals surface area (Å²) < 4.78 is 65.1. The van der Waals surface area contributed by atoms with E-state index in [2.05, 4.69) is 25.5 Å². The fourth-order valence-corrected chi connectivity index (χ4v) is 3.69. The minimum atomic E-state index is -5.66. The number of aromatic nitrogens is 2. The highest BCUT2D eigenvalue weighted by atomic mass is 32.2. The van der Waals surface area contributed by atoms with Crippen LogP contribution in [0.15, 0.2) is 12.1 Å². The number of halogens is 3. The monoisotopic (exact) mass is 454 g/mol. The van der Waals surface area contributed by atoms with Gasteiger partial charge >= 0.3 is 21.5 Å². The molecule has 10 nitrogen and oxygen atoms in total. The smallest absolute Gasteiger partial charge is 0.374 e. The van der Waals surface area contributed by atoms with Crippen LogP contribution in [0.5, 0.6) is 0 Å². The minimum Gasteiger partial charge on any atom is -0.374 e. The van der Waals surface area contributed by atoms with Gasteiger partial charge in [-0.05, 0) is 30.5 Å². The number of nitrogens with zero attached hydrogens (tertiary/aromatic N) is 5. The number of imidazole rings is 1. The molecule has 0 atom stereocenters. The molecule has 2 heterocycles.